The summed E-state index contributed by atoms with van der Waals surface area (Å²) in [4.78, 5) is 23.5. The van der Waals surface area contributed by atoms with Crippen LogP contribution >= 0.6 is 0 Å². The summed E-state index contributed by atoms with van der Waals surface area (Å²) < 4.78 is 4.66. The Hall–Kier alpha value is -2.82. The largest absolute Gasteiger partial charge is 0.465 e. The van der Waals surface area contributed by atoms with Crippen molar-refractivity contribution in [2.75, 3.05) is 24.3 Å². The monoisotopic (exact) mass is 312 g/mol. The van der Waals surface area contributed by atoms with E-state index in [2.05, 4.69) is 22.3 Å². The third kappa shape index (κ3) is 4.57. The van der Waals surface area contributed by atoms with Crippen molar-refractivity contribution in [3.63, 3.8) is 0 Å². The predicted octanol–water partition coefficient (Wildman–Crippen LogP) is 3.09. The third-order valence-corrected chi connectivity index (χ3v) is 3.41. The van der Waals surface area contributed by atoms with Crippen LogP contribution in [-0.2, 0) is 16.0 Å². The molecule has 0 aliphatic rings. The zero-order valence-electron chi connectivity index (χ0n) is 13.3. The molecule has 5 heteroatoms. The number of amides is 1. The zero-order chi connectivity index (χ0) is 16.7. The average Bonchev–Trinajstić information content (AvgIpc) is 2.59. The Balaban J connectivity index is 1.96. The molecule has 0 radical (unpaired) electrons. The summed E-state index contributed by atoms with van der Waals surface area (Å²) in [7, 11) is 1.32. The number of ether oxygens (including phenoxy) is 1. The molecule has 0 aliphatic carbocycles. The first-order valence-electron chi connectivity index (χ1n) is 7.44. The lowest BCUT2D eigenvalue weighted by molar-refractivity contribution is -0.114. The Labute approximate surface area is 135 Å². The highest BCUT2D eigenvalue weighted by molar-refractivity contribution is 5.96. The predicted molar refractivity (Wildman–Crippen MR) is 90.7 cm³/mol. The van der Waals surface area contributed by atoms with Gasteiger partial charge in [-0.25, -0.2) is 4.79 Å². The second-order valence-electron chi connectivity index (χ2n) is 4.98. The van der Waals surface area contributed by atoms with Crippen molar-refractivity contribution in [2.24, 2.45) is 0 Å². The Morgan fingerprint density at radius 3 is 2.61 bits per heavy atom. The lowest BCUT2D eigenvalue weighted by atomic mass is 10.1. The van der Waals surface area contributed by atoms with Gasteiger partial charge in [-0.15, -0.1) is 0 Å². The number of hydrogen-bond donors (Lipinski definition) is 2. The minimum atomic E-state index is -0.434. The van der Waals surface area contributed by atoms with Crippen molar-refractivity contribution in [2.45, 2.75) is 13.3 Å². The molecular formula is C18H20N2O3. The first-order valence-corrected chi connectivity index (χ1v) is 7.44. The van der Waals surface area contributed by atoms with E-state index in [1.807, 2.05) is 24.3 Å². The van der Waals surface area contributed by atoms with Crippen LogP contribution in [0.5, 0.6) is 0 Å². The Bertz CT molecular complexity index is 698. The summed E-state index contributed by atoms with van der Waals surface area (Å²) in [5, 5.41) is 5.89. The molecule has 0 heterocycles. The number of benzene rings is 2. The van der Waals surface area contributed by atoms with Crippen LogP contribution in [0.1, 0.15) is 22.8 Å². The lowest BCUT2D eigenvalue weighted by Crippen LogP contribution is -2.22. The van der Waals surface area contributed by atoms with E-state index in [4.69, 9.17) is 0 Å². The van der Waals surface area contributed by atoms with Gasteiger partial charge in [0.05, 0.1) is 19.2 Å². The molecular weight excluding hydrogens is 292 g/mol. The lowest BCUT2D eigenvalue weighted by Gasteiger charge is -2.11. The number of para-hydroxylation sites is 1. The number of methoxy groups -OCH3 is 1. The van der Waals surface area contributed by atoms with E-state index in [-0.39, 0.29) is 12.5 Å². The van der Waals surface area contributed by atoms with Crippen molar-refractivity contribution >= 4 is 23.3 Å². The molecule has 0 saturated heterocycles. The van der Waals surface area contributed by atoms with Gasteiger partial charge in [0, 0.05) is 11.4 Å². The normalized spacial score (nSPS) is 10.0. The average molecular weight is 312 g/mol. The van der Waals surface area contributed by atoms with E-state index in [0.717, 1.165) is 17.7 Å². The molecule has 0 aliphatic heterocycles. The Morgan fingerprint density at radius 2 is 1.87 bits per heavy atom. The maximum Gasteiger partial charge on any atom is 0.337 e. The molecule has 2 rings (SSSR count). The fourth-order valence-electron chi connectivity index (χ4n) is 2.22. The SMILES string of the molecule is CCc1ccccc1NCC(=O)Nc1cccc(C(=O)OC)c1. The summed E-state index contributed by atoms with van der Waals surface area (Å²) in [6, 6.07) is 14.5. The van der Waals surface area contributed by atoms with Gasteiger partial charge >= 0.3 is 5.97 Å². The standard InChI is InChI=1S/C18H20N2O3/c1-3-13-7-4-5-10-16(13)19-12-17(21)20-15-9-6-8-14(11-15)18(22)23-2/h4-11,19H,3,12H2,1-2H3,(H,20,21). The molecule has 5 nitrogen and oxygen atoms in total. The summed E-state index contributed by atoms with van der Waals surface area (Å²) in [5.74, 6) is -0.617. The maximum absolute atomic E-state index is 12.0. The molecule has 1 amide bonds. The third-order valence-electron chi connectivity index (χ3n) is 3.41. The van der Waals surface area contributed by atoms with Gasteiger partial charge in [0.1, 0.15) is 0 Å². The van der Waals surface area contributed by atoms with Crippen LogP contribution in [0.25, 0.3) is 0 Å². The topological polar surface area (TPSA) is 67.4 Å². The number of nitrogens with one attached hydrogen (secondary N) is 2. The van der Waals surface area contributed by atoms with E-state index in [9.17, 15) is 9.59 Å². The molecule has 120 valence electrons. The molecule has 0 bridgehead atoms. The first kappa shape index (κ1) is 16.5. The molecule has 2 aromatic carbocycles. The van der Waals surface area contributed by atoms with Crippen LogP contribution in [0, 0.1) is 0 Å². The fourth-order valence-corrected chi connectivity index (χ4v) is 2.22. The second kappa shape index (κ2) is 7.98. The van der Waals surface area contributed by atoms with Gasteiger partial charge in [0.15, 0.2) is 0 Å². The van der Waals surface area contributed by atoms with Gasteiger partial charge < -0.3 is 15.4 Å². The van der Waals surface area contributed by atoms with Gasteiger partial charge in [0.25, 0.3) is 0 Å². The van der Waals surface area contributed by atoms with Gasteiger partial charge in [-0.1, -0.05) is 31.2 Å². The van der Waals surface area contributed by atoms with Gasteiger partial charge in [0.2, 0.25) is 5.91 Å². The number of esters is 1. The number of rotatable bonds is 6. The molecule has 23 heavy (non-hydrogen) atoms. The van der Waals surface area contributed by atoms with Crippen LogP contribution in [0.15, 0.2) is 48.5 Å². The smallest absolute Gasteiger partial charge is 0.337 e. The van der Waals surface area contributed by atoms with Crippen LogP contribution in [-0.4, -0.2) is 25.5 Å². The van der Waals surface area contributed by atoms with Crippen molar-refractivity contribution in [1.29, 1.82) is 0 Å². The Morgan fingerprint density at radius 1 is 1.09 bits per heavy atom. The highest BCUT2D eigenvalue weighted by Crippen LogP contribution is 2.15. The van der Waals surface area contributed by atoms with E-state index < -0.39 is 5.97 Å². The Kier molecular flexibility index (Phi) is 5.74. The number of hydrogen-bond acceptors (Lipinski definition) is 4. The van der Waals surface area contributed by atoms with E-state index in [1.165, 1.54) is 7.11 Å². The fraction of sp³-hybridized carbons (Fsp3) is 0.222. The second-order valence-corrected chi connectivity index (χ2v) is 4.98. The van der Waals surface area contributed by atoms with Gasteiger partial charge in [-0.05, 0) is 36.2 Å². The van der Waals surface area contributed by atoms with E-state index in [1.54, 1.807) is 24.3 Å². The number of carbonyl (C=O) groups is 2. The summed E-state index contributed by atoms with van der Waals surface area (Å²) in [5.41, 5.74) is 3.07. The van der Waals surface area contributed by atoms with Gasteiger partial charge in [-0.3, -0.25) is 4.79 Å². The van der Waals surface area contributed by atoms with Crippen molar-refractivity contribution in [3.05, 3.63) is 59.7 Å². The van der Waals surface area contributed by atoms with Crippen LogP contribution in [0.3, 0.4) is 0 Å². The molecule has 0 spiro atoms. The molecule has 0 aromatic heterocycles. The summed E-state index contributed by atoms with van der Waals surface area (Å²) in [6.45, 7) is 2.22. The molecule has 0 unspecified atom stereocenters. The molecule has 0 fully saturated rings. The number of anilines is 2. The molecule has 2 N–H and O–H groups in total. The van der Waals surface area contributed by atoms with Crippen molar-refractivity contribution in [1.82, 2.24) is 0 Å². The summed E-state index contributed by atoms with van der Waals surface area (Å²) in [6.07, 6.45) is 0.895. The highest BCUT2D eigenvalue weighted by Gasteiger charge is 2.08. The van der Waals surface area contributed by atoms with E-state index in [0.29, 0.717) is 11.3 Å². The zero-order valence-corrected chi connectivity index (χ0v) is 13.3. The van der Waals surface area contributed by atoms with Crippen molar-refractivity contribution < 1.29 is 14.3 Å². The van der Waals surface area contributed by atoms with E-state index >= 15 is 0 Å². The van der Waals surface area contributed by atoms with Gasteiger partial charge in [-0.2, -0.15) is 0 Å². The first-order chi connectivity index (χ1) is 11.1. The van der Waals surface area contributed by atoms with Crippen LogP contribution in [0.2, 0.25) is 0 Å². The minimum Gasteiger partial charge on any atom is -0.465 e. The van der Waals surface area contributed by atoms with Crippen molar-refractivity contribution in [3.8, 4) is 0 Å². The van der Waals surface area contributed by atoms with Crippen LogP contribution in [0.4, 0.5) is 11.4 Å². The molecule has 0 saturated carbocycles. The maximum atomic E-state index is 12.0. The number of aryl methyl sites for hydroxylation is 1. The minimum absolute atomic E-state index is 0.152. The number of carbonyl (C=O) groups excluding carboxylic acids is 2. The molecule has 0 atom stereocenters. The molecule has 2 aromatic rings. The van der Waals surface area contributed by atoms with Crippen LogP contribution < -0.4 is 10.6 Å². The quantitative estimate of drug-likeness (QED) is 0.804. The summed E-state index contributed by atoms with van der Waals surface area (Å²) >= 11 is 0. The highest BCUT2D eigenvalue weighted by atomic mass is 16.5.